The van der Waals surface area contributed by atoms with Gasteiger partial charge in [-0.3, -0.25) is 0 Å². The molecule has 0 bridgehead atoms. The summed E-state index contributed by atoms with van der Waals surface area (Å²) >= 11 is 1.75. The van der Waals surface area contributed by atoms with Gasteiger partial charge in [-0.15, -0.1) is 11.3 Å². The maximum atomic E-state index is 12.5. The Morgan fingerprint density at radius 3 is 3.00 bits per heavy atom. The SMILES string of the molecule is Cc1noc(C2CC2)c1NC(=O)N1CC=C(c2cccs2)CC1. The lowest BCUT2D eigenvalue weighted by Crippen LogP contribution is -2.38. The number of rotatable bonds is 3. The van der Waals surface area contributed by atoms with Gasteiger partial charge in [-0.25, -0.2) is 4.79 Å². The molecule has 1 fully saturated rings. The predicted molar refractivity (Wildman–Crippen MR) is 90.7 cm³/mol. The number of urea groups is 1. The minimum absolute atomic E-state index is 0.0697. The minimum Gasteiger partial charge on any atom is -0.359 e. The number of aryl methyl sites for hydroxylation is 1. The van der Waals surface area contributed by atoms with Crippen molar-refractivity contribution in [1.82, 2.24) is 10.1 Å². The van der Waals surface area contributed by atoms with Gasteiger partial charge >= 0.3 is 6.03 Å². The van der Waals surface area contributed by atoms with E-state index in [1.54, 1.807) is 11.3 Å². The standard InChI is InChI=1S/C17H19N3O2S/c1-11-15(16(22-19-11)13-4-5-13)18-17(21)20-8-6-12(7-9-20)14-3-2-10-23-14/h2-3,6,10,13H,4-5,7-9H2,1H3,(H,18,21). The Hall–Kier alpha value is -2.08. The number of nitrogens with one attached hydrogen (secondary N) is 1. The first-order chi connectivity index (χ1) is 11.2. The Morgan fingerprint density at radius 1 is 1.48 bits per heavy atom. The molecule has 120 valence electrons. The molecule has 1 saturated carbocycles. The molecule has 23 heavy (non-hydrogen) atoms. The average Bonchev–Trinajstić information content (AvgIpc) is 3.14. The Labute approximate surface area is 139 Å². The van der Waals surface area contributed by atoms with Crippen LogP contribution in [0.5, 0.6) is 0 Å². The van der Waals surface area contributed by atoms with Gasteiger partial charge in [-0.05, 0) is 43.2 Å². The molecule has 2 amide bonds. The summed E-state index contributed by atoms with van der Waals surface area (Å²) in [5.74, 6) is 1.26. The van der Waals surface area contributed by atoms with E-state index in [-0.39, 0.29) is 6.03 Å². The fraction of sp³-hybridized carbons (Fsp3) is 0.412. The molecule has 0 radical (unpaired) electrons. The summed E-state index contributed by atoms with van der Waals surface area (Å²) in [4.78, 5) is 15.7. The van der Waals surface area contributed by atoms with Crippen LogP contribution in [0, 0.1) is 6.92 Å². The van der Waals surface area contributed by atoms with Crippen LogP contribution in [0.25, 0.3) is 5.57 Å². The maximum Gasteiger partial charge on any atom is 0.322 e. The van der Waals surface area contributed by atoms with Crippen molar-refractivity contribution in [2.75, 3.05) is 18.4 Å². The van der Waals surface area contributed by atoms with Crippen LogP contribution in [0.15, 0.2) is 28.1 Å². The Bertz CT molecular complexity index is 744. The normalized spacial score (nSPS) is 18.0. The van der Waals surface area contributed by atoms with Gasteiger partial charge in [-0.2, -0.15) is 0 Å². The van der Waals surface area contributed by atoms with Crippen molar-refractivity contribution in [2.24, 2.45) is 0 Å². The Kier molecular flexibility index (Phi) is 3.69. The topological polar surface area (TPSA) is 58.4 Å². The highest BCUT2D eigenvalue weighted by Crippen LogP contribution is 2.44. The second-order valence-electron chi connectivity index (χ2n) is 6.11. The van der Waals surface area contributed by atoms with Crippen LogP contribution in [0.4, 0.5) is 10.5 Å². The van der Waals surface area contributed by atoms with E-state index < -0.39 is 0 Å². The molecule has 0 atom stereocenters. The molecule has 5 nitrogen and oxygen atoms in total. The summed E-state index contributed by atoms with van der Waals surface area (Å²) in [7, 11) is 0. The van der Waals surface area contributed by atoms with Crippen LogP contribution in [-0.2, 0) is 0 Å². The van der Waals surface area contributed by atoms with Gasteiger partial charge in [0.2, 0.25) is 0 Å². The van der Waals surface area contributed by atoms with Crippen LogP contribution in [-0.4, -0.2) is 29.2 Å². The molecule has 1 aliphatic heterocycles. The highest BCUT2D eigenvalue weighted by atomic mass is 32.1. The molecule has 0 spiro atoms. The zero-order valence-corrected chi connectivity index (χ0v) is 13.9. The average molecular weight is 329 g/mol. The van der Waals surface area contributed by atoms with E-state index in [0.717, 1.165) is 42.9 Å². The van der Waals surface area contributed by atoms with Gasteiger partial charge in [0.15, 0.2) is 5.76 Å². The molecule has 4 rings (SSSR count). The van der Waals surface area contributed by atoms with Gasteiger partial charge in [0.1, 0.15) is 11.4 Å². The van der Waals surface area contributed by atoms with Gasteiger partial charge in [0, 0.05) is 23.9 Å². The van der Waals surface area contributed by atoms with Crippen molar-refractivity contribution in [3.8, 4) is 0 Å². The number of nitrogens with zero attached hydrogens (tertiary/aromatic N) is 2. The van der Waals surface area contributed by atoms with Gasteiger partial charge < -0.3 is 14.7 Å². The maximum absolute atomic E-state index is 12.5. The third-order valence-corrected chi connectivity index (χ3v) is 5.35. The zero-order chi connectivity index (χ0) is 15.8. The number of hydrogen-bond donors (Lipinski definition) is 1. The number of aromatic nitrogens is 1. The fourth-order valence-electron chi connectivity index (χ4n) is 2.89. The van der Waals surface area contributed by atoms with Crippen LogP contribution in [0.3, 0.4) is 0 Å². The zero-order valence-electron chi connectivity index (χ0n) is 13.0. The van der Waals surface area contributed by atoms with Gasteiger partial charge in [0.25, 0.3) is 0 Å². The molecule has 2 aliphatic rings. The monoisotopic (exact) mass is 329 g/mol. The van der Waals surface area contributed by atoms with Crippen LogP contribution in [0.2, 0.25) is 0 Å². The second-order valence-corrected chi connectivity index (χ2v) is 7.06. The largest absolute Gasteiger partial charge is 0.359 e. The summed E-state index contributed by atoms with van der Waals surface area (Å²) in [6.45, 7) is 3.25. The molecule has 1 N–H and O–H groups in total. The molecule has 3 heterocycles. The Morgan fingerprint density at radius 2 is 2.35 bits per heavy atom. The predicted octanol–water partition coefficient (Wildman–Crippen LogP) is 4.24. The first-order valence-electron chi connectivity index (χ1n) is 7.97. The molecule has 2 aromatic rings. The van der Waals surface area contributed by atoms with Crippen molar-refractivity contribution in [3.63, 3.8) is 0 Å². The molecule has 1 aliphatic carbocycles. The molecular weight excluding hydrogens is 310 g/mol. The molecule has 2 aromatic heterocycles. The van der Waals surface area contributed by atoms with Crippen molar-refractivity contribution in [3.05, 3.63) is 39.9 Å². The minimum atomic E-state index is -0.0697. The van der Waals surface area contributed by atoms with E-state index in [2.05, 4.69) is 34.1 Å². The van der Waals surface area contributed by atoms with Crippen LogP contribution in [0.1, 0.15) is 41.5 Å². The quantitative estimate of drug-likeness (QED) is 0.916. The van der Waals surface area contributed by atoms with E-state index in [4.69, 9.17) is 4.52 Å². The number of thiophene rings is 1. The molecule has 0 aromatic carbocycles. The smallest absolute Gasteiger partial charge is 0.322 e. The molecule has 0 saturated heterocycles. The van der Waals surface area contributed by atoms with Gasteiger partial charge in [-0.1, -0.05) is 17.3 Å². The summed E-state index contributed by atoms with van der Waals surface area (Å²) in [5.41, 5.74) is 2.86. The first-order valence-corrected chi connectivity index (χ1v) is 8.85. The third kappa shape index (κ3) is 2.91. The highest BCUT2D eigenvalue weighted by molar-refractivity contribution is 7.11. The van der Waals surface area contributed by atoms with Crippen molar-refractivity contribution in [1.29, 1.82) is 0 Å². The number of carbonyl (C=O) groups excluding carboxylic acids is 1. The van der Waals surface area contributed by atoms with E-state index >= 15 is 0 Å². The fourth-order valence-corrected chi connectivity index (χ4v) is 3.69. The Balaban J connectivity index is 1.44. The lowest BCUT2D eigenvalue weighted by molar-refractivity contribution is 0.217. The summed E-state index contributed by atoms with van der Waals surface area (Å²) in [6.07, 6.45) is 5.28. The van der Waals surface area contributed by atoms with Crippen molar-refractivity contribution < 1.29 is 9.32 Å². The second kappa shape index (κ2) is 5.85. The number of carbonyl (C=O) groups is 1. The van der Waals surface area contributed by atoms with Crippen LogP contribution < -0.4 is 5.32 Å². The number of anilines is 1. The third-order valence-electron chi connectivity index (χ3n) is 4.40. The lowest BCUT2D eigenvalue weighted by atomic mass is 10.1. The van der Waals surface area contributed by atoms with Crippen molar-refractivity contribution >= 4 is 28.6 Å². The van der Waals surface area contributed by atoms with E-state index in [0.29, 0.717) is 12.5 Å². The summed E-state index contributed by atoms with van der Waals surface area (Å²) in [6, 6.07) is 4.13. The molecule has 6 heteroatoms. The number of amides is 2. The summed E-state index contributed by atoms with van der Waals surface area (Å²) in [5, 5.41) is 9.09. The molecule has 0 unspecified atom stereocenters. The van der Waals surface area contributed by atoms with E-state index in [1.807, 2.05) is 11.8 Å². The molecular formula is C17H19N3O2S. The van der Waals surface area contributed by atoms with Crippen molar-refractivity contribution in [2.45, 2.75) is 32.1 Å². The van der Waals surface area contributed by atoms with Crippen LogP contribution >= 0.6 is 11.3 Å². The van der Waals surface area contributed by atoms with Gasteiger partial charge in [0.05, 0.1) is 0 Å². The highest BCUT2D eigenvalue weighted by Gasteiger charge is 2.32. The lowest BCUT2D eigenvalue weighted by Gasteiger charge is -2.26. The van der Waals surface area contributed by atoms with E-state index in [1.165, 1.54) is 10.5 Å². The van der Waals surface area contributed by atoms with E-state index in [9.17, 15) is 4.79 Å². The number of hydrogen-bond acceptors (Lipinski definition) is 4. The first kappa shape index (κ1) is 14.5. The summed E-state index contributed by atoms with van der Waals surface area (Å²) < 4.78 is 5.38.